The number of piperazine rings is 1. The second kappa shape index (κ2) is 11.4. The third kappa shape index (κ3) is 5.71. The molecule has 1 N–H and O–H groups in total. The number of hydrogen-bond donors (Lipinski definition) is 1. The fourth-order valence-corrected chi connectivity index (χ4v) is 5.13. The molecule has 37 heavy (non-hydrogen) atoms. The monoisotopic (exact) mass is 495 g/mol. The number of aryl methyl sites for hydroxylation is 1. The van der Waals surface area contributed by atoms with Gasteiger partial charge in [0.25, 0.3) is 5.56 Å². The van der Waals surface area contributed by atoms with E-state index in [1.807, 2.05) is 30.3 Å². The highest BCUT2D eigenvalue weighted by molar-refractivity contribution is 5.86. The molecule has 7 heteroatoms. The first-order valence-electron chi connectivity index (χ1n) is 13.0. The van der Waals surface area contributed by atoms with Gasteiger partial charge in [0.1, 0.15) is 5.75 Å². The highest BCUT2D eigenvalue weighted by Gasteiger charge is 2.17. The summed E-state index contributed by atoms with van der Waals surface area (Å²) in [6.45, 7) is 12.6. The Bertz CT molecular complexity index is 1440. The Hall–Kier alpha value is -4.02. The zero-order valence-corrected chi connectivity index (χ0v) is 21.3. The van der Waals surface area contributed by atoms with E-state index in [4.69, 9.17) is 11.3 Å². The molecule has 0 radical (unpaired) electrons. The van der Waals surface area contributed by atoms with Crippen molar-refractivity contribution >= 4 is 22.3 Å². The van der Waals surface area contributed by atoms with E-state index in [1.165, 1.54) is 42.0 Å². The molecule has 4 aromatic rings. The lowest BCUT2D eigenvalue weighted by molar-refractivity contribution is 0.252. The van der Waals surface area contributed by atoms with Crippen molar-refractivity contribution < 1.29 is 4.74 Å². The lowest BCUT2D eigenvalue weighted by Gasteiger charge is -2.36. The predicted molar refractivity (Wildman–Crippen MR) is 149 cm³/mol. The summed E-state index contributed by atoms with van der Waals surface area (Å²) in [6.07, 6.45) is 8.48. The highest BCUT2D eigenvalue weighted by Crippen LogP contribution is 2.25. The minimum absolute atomic E-state index is 0.101. The maximum absolute atomic E-state index is 12.3. The minimum atomic E-state index is -0.101. The largest absolute Gasteiger partial charge is 0.497 e. The molecule has 1 aliphatic heterocycles. The number of aromatic amines is 1. The van der Waals surface area contributed by atoms with E-state index in [2.05, 4.69) is 38.0 Å². The molecule has 0 bridgehead atoms. The molecule has 0 spiro atoms. The fourth-order valence-electron chi connectivity index (χ4n) is 5.13. The van der Waals surface area contributed by atoms with Crippen LogP contribution in [-0.2, 0) is 6.42 Å². The smallest absolute Gasteiger partial charge is 0.258 e. The molecule has 2 aromatic carbocycles. The number of anilines is 1. The van der Waals surface area contributed by atoms with Crippen LogP contribution < -0.4 is 15.2 Å². The molecule has 2 aromatic heterocycles. The topological polar surface area (TPSA) is 57.9 Å². The van der Waals surface area contributed by atoms with E-state index in [0.29, 0.717) is 11.4 Å². The van der Waals surface area contributed by atoms with Gasteiger partial charge in [-0.3, -0.25) is 14.3 Å². The SMILES string of the molecule is [C-]#[N+]c1ccc2[nH]cc(CCCCCN3CCN(c4ccc(-n5ccc(OC)cc5=O)cc4)CC3)c2c1. The van der Waals surface area contributed by atoms with E-state index in [1.54, 1.807) is 23.9 Å². The van der Waals surface area contributed by atoms with Crippen molar-refractivity contribution in [3.8, 4) is 11.4 Å². The van der Waals surface area contributed by atoms with Gasteiger partial charge in [-0.2, -0.15) is 0 Å². The third-order valence-corrected chi connectivity index (χ3v) is 7.29. The molecule has 7 nitrogen and oxygen atoms in total. The Morgan fingerprint density at radius 2 is 1.73 bits per heavy atom. The fraction of sp³-hybridized carbons (Fsp3) is 0.333. The van der Waals surface area contributed by atoms with Crippen molar-refractivity contribution in [1.29, 1.82) is 0 Å². The Labute approximate surface area is 217 Å². The summed E-state index contributed by atoms with van der Waals surface area (Å²) in [5, 5.41) is 1.19. The zero-order chi connectivity index (χ0) is 25.6. The van der Waals surface area contributed by atoms with Crippen LogP contribution in [0.3, 0.4) is 0 Å². The summed E-state index contributed by atoms with van der Waals surface area (Å²) in [6, 6.07) is 17.4. The first-order chi connectivity index (χ1) is 18.1. The first kappa shape index (κ1) is 24.7. The zero-order valence-electron chi connectivity index (χ0n) is 21.3. The van der Waals surface area contributed by atoms with Crippen LogP contribution in [0.5, 0.6) is 5.75 Å². The van der Waals surface area contributed by atoms with E-state index in [9.17, 15) is 4.79 Å². The second-order valence-corrected chi connectivity index (χ2v) is 9.59. The van der Waals surface area contributed by atoms with Gasteiger partial charge in [0, 0.05) is 61.5 Å². The number of methoxy groups -OCH3 is 1. The molecular formula is C30H33N5O2. The van der Waals surface area contributed by atoms with Gasteiger partial charge < -0.3 is 14.6 Å². The Morgan fingerprint density at radius 1 is 0.946 bits per heavy atom. The van der Waals surface area contributed by atoms with Crippen molar-refractivity contribution in [3.05, 3.63) is 94.3 Å². The van der Waals surface area contributed by atoms with Crippen LogP contribution in [0.1, 0.15) is 24.8 Å². The van der Waals surface area contributed by atoms with E-state index in [0.717, 1.165) is 50.3 Å². The molecule has 1 fully saturated rings. The summed E-state index contributed by atoms with van der Waals surface area (Å²) in [5.41, 5.74) is 5.09. The van der Waals surface area contributed by atoms with Crippen LogP contribution >= 0.6 is 0 Å². The number of nitrogens with one attached hydrogen (secondary N) is 1. The number of pyridine rings is 1. The number of benzene rings is 2. The number of unbranched alkanes of at least 4 members (excludes halogenated alkanes) is 2. The maximum Gasteiger partial charge on any atom is 0.258 e. The quantitative estimate of drug-likeness (QED) is 0.249. The number of ether oxygens (including phenoxy) is 1. The molecule has 0 amide bonds. The number of aromatic nitrogens is 2. The Morgan fingerprint density at radius 3 is 2.46 bits per heavy atom. The summed E-state index contributed by atoms with van der Waals surface area (Å²) in [4.78, 5) is 24.2. The number of hydrogen-bond acceptors (Lipinski definition) is 4. The summed E-state index contributed by atoms with van der Waals surface area (Å²) >= 11 is 0. The Balaban J connectivity index is 1.05. The number of H-pyrrole nitrogens is 1. The standard InChI is InChI=1S/C30H33N5O2/c1-31-24-7-12-29-28(20-24)23(22-32-29)6-4-3-5-14-33-16-18-34(19-17-33)25-8-10-26(11-9-25)35-15-13-27(37-2)21-30(35)36/h7-13,15,20-22,32H,3-6,14,16-19H2,2H3. The molecule has 3 heterocycles. The molecule has 190 valence electrons. The van der Waals surface area contributed by atoms with Crippen molar-refractivity contribution in [2.24, 2.45) is 0 Å². The van der Waals surface area contributed by atoms with Gasteiger partial charge in [-0.25, -0.2) is 4.85 Å². The van der Waals surface area contributed by atoms with E-state index < -0.39 is 0 Å². The average molecular weight is 496 g/mol. The predicted octanol–water partition coefficient (Wildman–Crippen LogP) is 5.41. The second-order valence-electron chi connectivity index (χ2n) is 9.59. The Kier molecular flexibility index (Phi) is 7.57. The van der Waals surface area contributed by atoms with Crippen LogP contribution in [0.2, 0.25) is 0 Å². The number of nitrogens with zero attached hydrogens (tertiary/aromatic N) is 4. The van der Waals surface area contributed by atoms with Crippen molar-refractivity contribution in [2.75, 3.05) is 44.7 Å². The van der Waals surface area contributed by atoms with Gasteiger partial charge in [-0.05, 0) is 79.2 Å². The molecule has 1 aliphatic rings. The van der Waals surface area contributed by atoms with Gasteiger partial charge in [-0.1, -0.05) is 12.5 Å². The molecule has 0 atom stereocenters. The lowest BCUT2D eigenvalue weighted by atomic mass is 10.1. The van der Waals surface area contributed by atoms with Gasteiger partial charge in [0.2, 0.25) is 0 Å². The number of rotatable bonds is 9. The van der Waals surface area contributed by atoms with Crippen molar-refractivity contribution in [2.45, 2.75) is 25.7 Å². The lowest BCUT2D eigenvalue weighted by Crippen LogP contribution is -2.46. The van der Waals surface area contributed by atoms with Crippen LogP contribution in [0.15, 0.2) is 71.8 Å². The summed E-state index contributed by atoms with van der Waals surface area (Å²) in [7, 11) is 1.56. The van der Waals surface area contributed by atoms with E-state index >= 15 is 0 Å². The van der Waals surface area contributed by atoms with E-state index in [-0.39, 0.29) is 5.56 Å². The molecule has 0 aliphatic carbocycles. The van der Waals surface area contributed by atoms with Crippen LogP contribution in [0, 0.1) is 6.57 Å². The molecule has 0 saturated carbocycles. The molecule has 1 saturated heterocycles. The van der Waals surface area contributed by atoms with Crippen LogP contribution in [0.25, 0.3) is 21.4 Å². The first-order valence-corrected chi connectivity index (χ1v) is 13.0. The normalized spacial score (nSPS) is 14.1. The van der Waals surface area contributed by atoms with Crippen molar-refractivity contribution in [3.63, 3.8) is 0 Å². The molecular weight excluding hydrogens is 462 g/mol. The average Bonchev–Trinajstić information content (AvgIpc) is 3.35. The van der Waals surface area contributed by atoms with Gasteiger partial charge >= 0.3 is 0 Å². The summed E-state index contributed by atoms with van der Waals surface area (Å²) < 4.78 is 6.77. The highest BCUT2D eigenvalue weighted by atomic mass is 16.5. The maximum atomic E-state index is 12.3. The molecule has 5 rings (SSSR count). The van der Waals surface area contributed by atoms with Gasteiger partial charge in [0.05, 0.1) is 13.7 Å². The van der Waals surface area contributed by atoms with Gasteiger partial charge in [-0.15, -0.1) is 0 Å². The van der Waals surface area contributed by atoms with Crippen LogP contribution in [-0.4, -0.2) is 54.3 Å². The third-order valence-electron chi connectivity index (χ3n) is 7.29. The summed E-state index contributed by atoms with van der Waals surface area (Å²) in [5.74, 6) is 0.570. The van der Waals surface area contributed by atoms with Crippen molar-refractivity contribution in [1.82, 2.24) is 14.5 Å². The molecule has 0 unspecified atom stereocenters. The minimum Gasteiger partial charge on any atom is -0.497 e. The van der Waals surface area contributed by atoms with Gasteiger partial charge in [0.15, 0.2) is 5.69 Å². The number of fused-ring (bicyclic) bond motifs is 1. The van der Waals surface area contributed by atoms with Crippen LogP contribution in [0.4, 0.5) is 11.4 Å².